The lowest BCUT2D eigenvalue weighted by atomic mass is 10.0. The Hall–Kier alpha value is -1.15. The molecule has 2 rings (SSSR count). The predicted molar refractivity (Wildman–Crippen MR) is 64.8 cm³/mol. The number of morpholine rings is 1. The fourth-order valence-corrected chi connectivity index (χ4v) is 2.22. The van der Waals surface area contributed by atoms with Crippen molar-refractivity contribution in [1.82, 2.24) is 4.90 Å². The van der Waals surface area contributed by atoms with Gasteiger partial charge >= 0.3 is 6.18 Å². The Labute approximate surface area is 114 Å². The molecular formula is C13H16F3NO3. The van der Waals surface area contributed by atoms with Crippen LogP contribution in [0.3, 0.4) is 0 Å². The fraction of sp³-hybridized carbons (Fsp3) is 0.538. The summed E-state index contributed by atoms with van der Waals surface area (Å²) >= 11 is 0. The number of benzene rings is 1. The second-order valence-electron chi connectivity index (χ2n) is 4.71. The van der Waals surface area contributed by atoms with E-state index in [-0.39, 0.29) is 25.3 Å². The van der Waals surface area contributed by atoms with Crippen molar-refractivity contribution in [1.29, 1.82) is 0 Å². The van der Waals surface area contributed by atoms with Crippen molar-refractivity contribution in [2.75, 3.05) is 32.8 Å². The molecule has 1 aliphatic rings. The van der Waals surface area contributed by atoms with Gasteiger partial charge in [-0.3, -0.25) is 4.90 Å². The summed E-state index contributed by atoms with van der Waals surface area (Å²) in [5.41, 5.74) is -0.763. The number of β-amino-alcohol motifs (C(OH)–C–C–N with tert-alkyl or cyclic N) is 2. The first-order chi connectivity index (χ1) is 9.35. The van der Waals surface area contributed by atoms with Crippen LogP contribution in [0.25, 0.3) is 0 Å². The lowest BCUT2D eigenvalue weighted by molar-refractivity contribution is -0.248. The number of hydrogen-bond donors (Lipinski definition) is 2. The second kappa shape index (κ2) is 5.69. The van der Waals surface area contributed by atoms with E-state index >= 15 is 0 Å². The maximum atomic E-state index is 12.7. The van der Waals surface area contributed by atoms with Crippen LogP contribution in [-0.4, -0.2) is 48.0 Å². The minimum absolute atomic E-state index is 0.0227. The summed E-state index contributed by atoms with van der Waals surface area (Å²) < 4.78 is 43.3. The van der Waals surface area contributed by atoms with Gasteiger partial charge < -0.3 is 14.9 Å². The number of nitrogens with zero attached hydrogens (tertiary/aromatic N) is 1. The average molecular weight is 291 g/mol. The normalized spacial score (nSPS) is 24.9. The van der Waals surface area contributed by atoms with Gasteiger partial charge in [0.2, 0.25) is 5.79 Å². The lowest BCUT2D eigenvalue weighted by Gasteiger charge is -2.39. The van der Waals surface area contributed by atoms with Crippen molar-refractivity contribution < 1.29 is 28.1 Å². The smallest absolute Gasteiger partial charge is 0.395 e. The monoisotopic (exact) mass is 291 g/mol. The molecule has 1 aromatic rings. The molecule has 112 valence electrons. The van der Waals surface area contributed by atoms with E-state index in [1.54, 1.807) is 4.90 Å². The fourth-order valence-electron chi connectivity index (χ4n) is 2.22. The Balaban J connectivity index is 2.25. The number of ether oxygens (including phenoxy) is 1. The van der Waals surface area contributed by atoms with Gasteiger partial charge in [-0.1, -0.05) is 12.1 Å². The van der Waals surface area contributed by atoms with Gasteiger partial charge in [-0.25, -0.2) is 0 Å². The van der Waals surface area contributed by atoms with Crippen LogP contribution in [0.2, 0.25) is 0 Å². The van der Waals surface area contributed by atoms with Gasteiger partial charge in [0.05, 0.1) is 25.3 Å². The van der Waals surface area contributed by atoms with Crippen LogP contribution in [0.5, 0.6) is 0 Å². The summed E-state index contributed by atoms with van der Waals surface area (Å²) in [5, 5.41) is 19.3. The van der Waals surface area contributed by atoms with E-state index in [4.69, 9.17) is 9.84 Å². The third kappa shape index (κ3) is 3.29. The molecule has 1 unspecified atom stereocenters. The van der Waals surface area contributed by atoms with Crippen LogP contribution in [0, 0.1) is 0 Å². The van der Waals surface area contributed by atoms with E-state index in [2.05, 4.69) is 0 Å². The number of aliphatic hydroxyl groups is 2. The van der Waals surface area contributed by atoms with Crippen LogP contribution in [0.15, 0.2) is 24.3 Å². The highest BCUT2D eigenvalue weighted by atomic mass is 19.4. The van der Waals surface area contributed by atoms with Gasteiger partial charge in [0.1, 0.15) is 0 Å². The molecule has 1 aliphatic heterocycles. The Morgan fingerprint density at radius 3 is 2.75 bits per heavy atom. The molecular weight excluding hydrogens is 275 g/mol. The van der Waals surface area contributed by atoms with Crippen molar-refractivity contribution >= 4 is 0 Å². The van der Waals surface area contributed by atoms with E-state index in [1.807, 2.05) is 0 Å². The third-order valence-corrected chi connectivity index (χ3v) is 3.24. The van der Waals surface area contributed by atoms with Crippen molar-refractivity contribution in [2.45, 2.75) is 12.0 Å². The largest absolute Gasteiger partial charge is 0.416 e. The minimum Gasteiger partial charge on any atom is -0.395 e. The molecule has 0 radical (unpaired) electrons. The van der Waals surface area contributed by atoms with E-state index in [1.165, 1.54) is 12.1 Å². The highest BCUT2D eigenvalue weighted by Crippen LogP contribution is 2.33. The molecule has 1 fully saturated rings. The van der Waals surface area contributed by atoms with Crippen molar-refractivity contribution in [3.05, 3.63) is 35.4 Å². The molecule has 2 N–H and O–H groups in total. The second-order valence-corrected chi connectivity index (χ2v) is 4.71. The molecule has 0 saturated carbocycles. The summed E-state index contributed by atoms with van der Waals surface area (Å²) in [4.78, 5) is 1.74. The summed E-state index contributed by atoms with van der Waals surface area (Å²) in [7, 11) is 0. The van der Waals surface area contributed by atoms with Gasteiger partial charge in [0.25, 0.3) is 0 Å². The first-order valence-electron chi connectivity index (χ1n) is 6.22. The molecule has 1 atom stereocenters. The first-order valence-corrected chi connectivity index (χ1v) is 6.22. The number of halogens is 3. The topological polar surface area (TPSA) is 52.9 Å². The van der Waals surface area contributed by atoms with Crippen LogP contribution in [-0.2, 0) is 16.7 Å². The molecule has 4 nitrogen and oxygen atoms in total. The third-order valence-electron chi connectivity index (χ3n) is 3.24. The SMILES string of the molecule is OCCN1CCOC(O)(c2cccc(C(F)(F)F)c2)C1. The maximum Gasteiger partial charge on any atom is 0.416 e. The molecule has 7 heteroatoms. The van der Waals surface area contributed by atoms with Crippen molar-refractivity contribution in [3.63, 3.8) is 0 Å². The molecule has 0 bridgehead atoms. The first kappa shape index (κ1) is 15.2. The van der Waals surface area contributed by atoms with Crippen molar-refractivity contribution in [2.24, 2.45) is 0 Å². The van der Waals surface area contributed by atoms with E-state index in [9.17, 15) is 18.3 Å². The highest BCUT2D eigenvalue weighted by molar-refractivity contribution is 5.29. The molecule has 20 heavy (non-hydrogen) atoms. The number of aliphatic hydroxyl groups excluding tert-OH is 1. The Kier molecular flexibility index (Phi) is 4.33. The van der Waals surface area contributed by atoms with Crippen LogP contribution in [0.4, 0.5) is 13.2 Å². The van der Waals surface area contributed by atoms with Crippen LogP contribution >= 0.6 is 0 Å². The minimum atomic E-state index is -4.47. The molecule has 1 saturated heterocycles. The maximum absolute atomic E-state index is 12.7. The molecule has 1 aromatic carbocycles. The zero-order valence-electron chi connectivity index (χ0n) is 10.7. The number of alkyl halides is 3. The Morgan fingerprint density at radius 2 is 2.10 bits per heavy atom. The Morgan fingerprint density at radius 1 is 1.35 bits per heavy atom. The summed E-state index contributed by atoms with van der Waals surface area (Å²) in [6.45, 7) is 0.979. The molecule has 0 aliphatic carbocycles. The predicted octanol–water partition coefficient (Wildman–Crippen LogP) is 1.17. The van der Waals surface area contributed by atoms with Crippen LogP contribution < -0.4 is 0 Å². The lowest BCUT2D eigenvalue weighted by Crippen LogP contribution is -2.50. The summed E-state index contributed by atoms with van der Waals surface area (Å²) in [6, 6.07) is 4.48. The van der Waals surface area contributed by atoms with Gasteiger partial charge in [-0.2, -0.15) is 13.2 Å². The highest BCUT2D eigenvalue weighted by Gasteiger charge is 2.38. The van der Waals surface area contributed by atoms with Gasteiger partial charge in [0.15, 0.2) is 0 Å². The van der Waals surface area contributed by atoms with Crippen LogP contribution in [0.1, 0.15) is 11.1 Å². The van der Waals surface area contributed by atoms with E-state index in [0.717, 1.165) is 12.1 Å². The van der Waals surface area contributed by atoms with E-state index in [0.29, 0.717) is 13.1 Å². The molecule has 0 aromatic heterocycles. The quantitative estimate of drug-likeness (QED) is 0.878. The summed E-state index contributed by atoms with van der Waals surface area (Å²) in [6.07, 6.45) is -4.47. The standard InChI is InChI=1S/C13H16F3NO3/c14-13(15,16)11-3-1-2-10(8-11)12(19)9-17(4-6-18)5-7-20-12/h1-3,8,18-19H,4-7,9H2. The molecule has 1 heterocycles. The van der Waals surface area contributed by atoms with Gasteiger partial charge in [-0.15, -0.1) is 0 Å². The number of hydrogen-bond acceptors (Lipinski definition) is 4. The summed E-state index contributed by atoms with van der Waals surface area (Å²) in [5.74, 6) is -1.78. The van der Waals surface area contributed by atoms with E-state index < -0.39 is 17.5 Å². The average Bonchev–Trinajstić information content (AvgIpc) is 2.38. The molecule has 0 spiro atoms. The van der Waals surface area contributed by atoms with Crippen molar-refractivity contribution in [3.8, 4) is 0 Å². The Bertz CT molecular complexity index is 464. The zero-order valence-corrected chi connectivity index (χ0v) is 10.7. The molecule has 0 amide bonds. The van der Waals surface area contributed by atoms with Gasteiger partial charge in [-0.05, 0) is 12.1 Å². The number of rotatable bonds is 3. The zero-order chi connectivity index (χ0) is 14.8. The van der Waals surface area contributed by atoms with Gasteiger partial charge in [0, 0.05) is 18.7 Å².